The predicted molar refractivity (Wildman–Crippen MR) is 115 cm³/mol. The van der Waals surface area contributed by atoms with Gasteiger partial charge in [-0.3, -0.25) is 4.90 Å². The van der Waals surface area contributed by atoms with Crippen molar-refractivity contribution < 1.29 is 19.1 Å². The number of amides is 1. The first-order chi connectivity index (χ1) is 13.7. The van der Waals surface area contributed by atoms with Gasteiger partial charge in [-0.15, -0.1) is 0 Å². The molecule has 1 heterocycles. The van der Waals surface area contributed by atoms with Gasteiger partial charge in [0.05, 0.1) is 11.6 Å². The minimum atomic E-state index is -0.548. The number of ether oxygens (including phenoxy) is 2. The number of hydrogen-bond donors (Lipinski definition) is 0. The van der Waals surface area contributed by atoms with Crippen LogP contribution in [0.25, 0.3) is 0 Å². The number of hydrogen-bond acceptors (Lipinski definition) is 4. The minimum Gasteiger partial charge on any atom is -0.444 e. The third-order valence-corrected chi connectivity index (χ3v) is 4.95. The summed E-state index contributed by atoms with van der Waals surface area (Å²) in [4.78, 5) is 27.2. The van der Waals surface area contributed by atoms with E-state index in [9.17, 15) is 9.59 Å². The van der Waals surface area contributed by atoms with Gasteiger partial charge in [-0.05, 0) is 71.6 Å². The van der Waals surface area contributed by atoms with E-state index < -0.39 is 5.60 Å². The first-order valence-electron chi connectivity index (χ1n) is 10.7. The Bertz CT molecular complexity index is 705. The highest BCUT2D eigenvalue weighted by Crippen LogP contribution is 2.28. The molecule has 0 radical (unpaired) electrons. The Morgan fingerprint density at radius 3 is 2.48 bits per heavy atom. The van der Waals surface area contributed by atoms with E-state index in [-0.39, 0.29) is 24.1 Å². The number of nitrogens with zero attached hydrogens (tertiary/aromatic N) is 1. The minimum absolute atomic E-state index is 0.0806. The van der Waals surface area contributed by atoms with E-state index in [0.29, 0.717) is 17.7 Å². The molecule has 1 aromatic rings. The predicted octanol–water partition coefficient (Wildman–Crippen LogP) is 6.10. The molecule has 2 rings (SSSR count). The highest BCUT2D eigenvalue weighted by Gasteiger charge is 2.34. The fourth-order valence-corrected chi connectivity index (χ4v) is 3.51. The Morgan fingerprint density at radius 2 is 1.86 bits per heavy atom. The summed E-state index contributed by atoms with van der Waals surface area (Å²) in [5, 5.41) is 0. The molecule has 160 valence electrons. The van der Waals surface area contributed by atoms with Crippen LogP contribution >= 0.6 is 0 Å². The second-order valence-electron chi connectivity index (χ2n) is 8.73. The molecule has 2 unspecified atom stereocenters. The molecule has 0 aromatic heterocycles. The standard InChI is InChI=1S/C24H35NO4/c1-6-7-16-21(28-22(26)19-13-9-8-10-14-19)17-20-15-11-12-18(2)25(20)23(27)29-24(3,4)5/h8-10,13-14,17-18,20H,6-7,11-12,15-16H2,1-5H3/b21-17+. The van der Waals surface area contributed by atoms with Crippen molar-refractivity contribution in [3.8, 4) is 0 Å². The Kier molecular flexibility index (Phi) is 8.30. The number of likely N-dealkylation sites (tertiary alicyclic amines) is 1. The van der Waals surface area contributed by atoms with E-state index >= 15 is 0 Å². The molecule has 1 amide bonds. The maximum absolute atomic E-state index is 12.8. The molecule has 0 bridgehead atoms. The van der Waals surface area contributed by atoms with Crippen molar-refractivity contribution in [2.75, 3.05) is 0 Å². The molecule has 29 heavy (non-hydrogen) atoms. The SMILES string of the molecule is CCCC/C(=C\C1CCCC(C)N1C(=O)OC(C)(C)C)OC(=O)c1ccccc1. The summed E-state index contributed by atoms with van der Waals surface area (Å²) in [6.45, 7) is 9.77. The van der Waals surface area contributed by atoms with Crippen LogP contribution in [0.1, 0.15) is 83.5 Å². The molecule has 1 saturated heterocycles. The van der Waals surface area contributed by atoms with Gasteiger partial charge in [-0.2, -0.15) is 0 Å². The maximum atomic E-state index is 12.8. The van der Waals surface area contributed by atoms with Crippen molar-refractivity contribution in [1.82, 2.24) is 4.90 Å². The first kappa shape index (κ1) is 23.0. The van der Waals surface area contributed by atoms with Crippen molar-refractivity contribution in [1.29, 1.82) is 0 Å². The zero-order valence-corrected chi connectivity index (χ0v) is 18.4. The highest BCUT2D eigenvalue weighted by atomic mass is 16.6. The molecule has 5 heteroatoms. The number of piperidine rings is 1. The van der Waals surface area contributed by atoms with Gasteiger partial charge in [-0.1, -0.05) is 31.5 Å². The molecular weight excluding hydrogens is 366 g/mol. The third-order valence-electron chi connectivity index (χ3n) is 4.95. The average Bonchev–Trinajstić information content (AvgIpc) is 2.65. The van der Waals surface area contributed by atoms with Crippen LogP contribution in [0, 0.1) is 0 Å². The van der Waals surface area contributed by atoms with Crippen LogP contribution in [0.15, 0.2) is 42.2 Å². The van der Waals surface area contributed by atoms with Crippen LogP contribution < -0.4 is 0 Å². The van der Waals surface area contributed by atoms with E-state index in [0.717, 1.165) is 32.1 Å². The third kappa shape index (κ3) is 7.22. The summed E-state index contributed by atoms with van der Waals surface area (Å²) in [5.74, 6) is 0.272. The molecule has 1 aromatic carbocycles. The van der Waals surface area contributed by atoms with Gasteiger partial charge in [0.1, 0.15) is 11.4 Å². The number of carbonyl (C=O) groups is 2. The van der Waals surface area contributed by atoms with Gasteiger partial charge in [0.25, 0.3) is 0 Å². The molecule has 5 nitrogen and oxygen atoms in total. The number of benzene rings is 1. The van der Waals surface area contributed by atoms with Gasteiger partial charge in [0.15, 0.2) is 0 Å². The zero-order valence-electron chi connectivity index (χ0n) is 18.4. The highest BCUT2D eigenvalue weighted by molar-refractivity contribution is 5.90. The summed E-state index contributed by atoms with van der Waals surface area (Å²) in [5.41, 5.74) is -0.0243. The largest absolute Gasteiger partial charge is 0.444 e. The molecule has 2 atom stereocenters. The van der Waals surface area contributed by atoms with Crippen LogP contribution in [0.3, 0.4) is 0 Å². The quantitative estimate of drug-likeness (QED) is 0.427. The van der Waals surface area contributed by atoms with E-state index in [4.69, 9.17) is 9.47 Å². The fourth-order valence-electron chi connectivity index (χ4n) is 3.51. The topological polar surface area (TPSA) is 55.8 Å². The van der Waals surface area contributed by atoms with Crippen molar-refractivity contribution >= 4 is 12.1 Å². The smallest absolute Gasteiger partial charge is 0.411 e. The Morgan fingerprint density at radius 1 is 1.17 bits per heavy atom. The molecule has 1 fully saturated rings. The number of rotatable bonds is 6. The second kappa shape index (κ2) is 10.5. The fraction of sp³-hybridized carbons (Fsp3) is 0.583. The molecule has 0 saturated carbocycles. The van der Waals surface area contributed by atoms with Gasteiger partial charge in [-0.25, -0.2) is 9.59 Å². The molecule has 0 N–H and O–H groups in total. The summed E-state index contributed by atoms with van der Waals surface area (Å²) >= 11 is 0. The number of allylic oxidation sites excluding steroid dienone is 1. The van der Waals surface area contributed by atoms with Crippen molar-refractivity contribution in [3.05, 3.63) is 47.7 Å². The van der Waals surface area contributed by atoms with Crippen LogP contribution in [-0.4, -0.2) is 34.6 Å². The zero-order chi connectivity index (χ0) is 21.4. The molecule has 1 aliphatic heterocycles. The Labute approximate surface area is 175 Å². The normalized spacial score (nSPS) is 20.3. The van der Waals surface area contributed by atoms with E-state index in [1.165, 1.54) is 0 Å². The van der Waals surface area contributed by atoms with Gasteiger partial charge < -0.3 is 9.47 Å². The van der Waals surface area contributed by atoms with E-state index in [2.05, 4.69) is 6.92 Å². The number of carbonyl (C=O) groups excluding carboxylic acids is 2. The lowest BCUT2D eigenvalue weighted by atomic mass is 9.96. The molecule has 0 spiro atoms. The van der Waals surface area contributed by atoms with Crippen LogP contribution in [0.2, 0.25) is 0 Å². The molecular formula is C24H35NO4. The average molecular weight is 402 g/mol. The summed E-state index contributed by atoms with van der Waals surface area (Å²) < 4.78 is 11.4. The maximum Gasteiger partial charge on any atom is 0.411 e. The van der Waals surface area contributed by atoms with Gasteiger partial charge >= 0.3 is 12.1 Å². The van der Waals surface area contributed by atoms with E-state index in [1.54, 1.807) is 17.0 Å². The Balaban J connectivity index is 2.23. The van der Waals surface area contributed by atoms with Crippen LogP contribution in [0.5, 0.6) is 0 Å². The van der Waals surface area contributed by atoms with E-state index in [1.807, 2.05) is 52.0 Å². The first-order valence-corrected chi connectivity index (χ1v) is 10.7. The summed E-state index contributed by atoms with van der Waals surface area (Å²) in [6, 6.07) is 8.94. The second-order valence-corrected chi connectivity index (χ2v) is 8.73. The summed E-state index contributed by atoms with van der Waals surface area (Å²) in [7, 11) is 0. The number of unbranched alkanes of at least 4 members (excludes halogenated alkanes) is 1. The monoisotopic (exact) mass is 401 g/mol. The lowest BCUT2D eigenvalue weighted by Crippen LogP contribution is -2.50. The lowest BCUT2D eigenvalue weighted by molar-refractivity contribution is 0.00320. The molecule has 0 aliphatic carbocycles. The lowest BCUT2D eigenvalue weighted by Gasteiger charge is -2.40. The van der Waals surface area contributed by atoms with Crippen LogP contribution in [-0.2, 0) is 9.47 Å². The van der Waals surface area contributed by atoms with Gasteiger partial charge in [0, 0.05) is 12.5 Å². The number of esters is 1. The molecule has 1 aliphatic rings. The van der Waals surface area contributed by atoms with Crippen molar-refractivity contribution in [2.45, 2.75) is 90.8 Å². The van der Waals surface area contributed by atoms with Crippen molar-refractivity contribution in [3.63, 3.8) is 0 Å². The van der Waals surface area contributed by atoms with Gasteiger partial charge in [0.2, 0.25) is 0 Å². The Hall–Kier alpha value is -2.30. The van der Waals surface area contributed by atoms with Crippen LogP contribution in [0.4, 0.5) is 4.79 Å². The summed E-state index contributed by atoms with van der Waals surface area (Å²) in [6.07, 6.45) is 7.03. The van der Waals surface area contributed by atoms with Crippen molar-refractivity contribution in [2.24, 2.45) is 0 Å².